The molecule has 20 heavy (non-hydrogen) atoms. The van der Waals surface area contributed by atoms with Crippen LogP contribution in [-0.4, -0.2) is 37.7 Å². The largest absolute Gasteiger partial charge is 0.369 e. The van der Waals surface area contributed by atoms with Crippen LogP contribution in [0.3, 0.4) is 0 Å². The maximum absolute atomic E-state index is 10.9. The van der Waals surface area contributed by atoms with Gasteiger partial charge in [-0.05, 0) is 18.6 Å². The second-order valence-corrected chi connectivity index (χ2v) is 6.23. The monoisotopic (exact) mass is 295 g/mol. The fraction of sp³-hybridized carbons (Fsp3) is 0.333. The van der Waals surface area contributed by atoms with Crippen molar-refractivity contribution in [2.24, 2.45) is 0 Å². The summed E-state index contributed by atoms with van der Waals surface area (Å²) in [4.78, 5) is 8.31. The molecule has 0 amide bonds. The van der Waals surface area contributed by atoms with Crippen molar-refractivity contribution in [3.05, 3.63) is 24.3 Å². The van der Waals surface area contributed by atoms with Gasteiger partial charge < -0.3 is 11.1 Å². The predicted molar refractivity (Wildman–Crippen MR) is 79.9 cm³/mol. The standard InChI is InChI=1S/C12H17N5O2S/c1-20(18,19)15-8-4-7-14-11-9-5-2-3-6-10(9)16-12(13)17-11/h2-3,5-6,15H,4,7-8H2,1H3,(H3,13,14,16,17). The Morgan fingerprint density at radius 2 is 1.95 bits per heavy atom. The van der Waals surface area contributed by atoms with Gasteiger partial charge in [0.05, 0.1) is 11.8 Å². The maximum atomic E-state index is 10.9. The lowest BCUT2D eigenvalue weighted by molar-refractivity contribution is 0.586. The quantitative estimate of drug-likeness (QED) is 0.672. The van der Waals surface area contributed by atoms with Gasteiger partial charge in [0.1, 0.15) is 5.82 Å². The first-order valence-corrected chi connectivity index (χ1v) is 8.05. The van der Waals surface area contributed by atoms with E-state index in [9.17, 15) is 8.42 Å². The van der Waals surface area contributed by atoms with Crippen LogP contribution in [0.25, 0.3) is 10.9 Å². The zero-order chi connectivity index (χ0) is 14.6. The number of nitrogens with two attached hydrogens (primary N) is 1. The van der Waals surface area contributed by atoms with Gasteiger partial charge in [-0.1, -0.05) is 12.1 Å². The minimum atomic E-state index is -3.13. The molecule has 1 aromatic carbocycles. The molecule has 108 valence electrons. The van der Waals surface area contributed by atoms with Crippen LogP contribution in [0.2, 0.25) is 0 Å². The zero-order valence-corrected chi connectivity index (χ0v) is 11.9. The fourth-order valence-electron chi connectivity index (χ4n) is 1.78. The highest BCUT2D eigenvalue weighted by molar-refractivity contribution is 7.88. The molecule has 1 aromatic heterocycles. The molecular weight excluding hydrogens is 278 g/mol. The molecule has 0 aliphatic rings. The highest BCUT2D eigenvalue weighted by Gasteiger charge is 2.05. The van der Waals surface area contributed by atoms with Gasteiger partial charge in [-0.15, -0.1) is 0 Å². The number of anilines is 2. The minimum absolute atomic E-state index is 0.209. The summed E-state index contributed by atoms with van der Waals surface area (Å²) < 4.78 is 24.3. The van der Waals surface area contributed by atoms with E-state index < -0.39 is 10.0 Å². The number of para-hydroxylation sites is 1. The summed E-state index contributed by atoms with van der Waals surface area (Å²) >= 11 is 0. The lowest BCUT2D eigenvalue weighted by Gasteiger charge is -2.09. The van der Waals surface area contributed by atoms with Crippen LogP contribution in [0.1, 0.15) is 6.42 Å². The lowest BCUT2D eigenvalue weighted by Crippen LogP contribution is -2.24. The summed E-state index contributed by atoms with van der Waals surface area (Å²) in [6.45, 7) is 0.966. The molecule has 7 nitrogen and oxygen atoms in total. The Labute approximate surface area is 117 Å². The number of rotatable bonds is 6. The predicted octanol–water partition coefficient (Wildman–Crippen LogP) is 0.563. The lowest BCUT2D eigenvalue weighted by atomic mass is 10.2. The average Bonchev–Trinajstić information content (AvgIpc) is 2.36. The van der Waals surface area contributed by atoms with Crippen LogP contribution < -0.4 is 15.8 Å². The van der Waals surface area contributed by atoms with Gasteiger partial charge in [0.15, 0.2) is 0 Å². The fourth-order valence-corrected chi connectivity index (χ4v) is 2.30. The molecule has 0 spiro atoms. The summed E-state index contributed by atoms with van der Waals surface area (Å²) in [7, 11) is -3.13. The molecule has 0 aliphatic heterocycles. The number of fused-ring (bicyclic) bond motifs is 1. The van der Waals surface area contributed by atoms with Gasteiger partial charge >= 0.3 is 0 Å². The number of nitrogens with zero attached hydrogens (tertiary/aromatic N) is 2. The Bertz CT molecular complexity index is 702. The number of benzene rings is 1. The summed E-state index contributed by atoms with van der Waals surface area (Å²) in [6, 6.07) is 7.56. The van der Waals surface area contributed by atoms with Crippen molar-refractivity contribution in [2.75, 3.05) is 30.4 Å². The smallest absolute Gasteiger partial charge is 0.222 e. The Hall–Kier alpha value is -1.93. The van der Waals surface area contributed by atoms with Gasteiger partial charge in [0, 0.05) is 18.5 Å². The van der Waals surface area contributed by atoms with Crippen LogP contribution in [0.5, 0.6) is 0 Å². The minimum Gasteiger partial charge on any atom is -0.369 e. The molecular formula is C12H17N5O2S. The Morgan fingerprint density at radius 1 is 1.20 bits per heavy atom. The van der Waals surface area contributed by atoms with Crippen molar-refractivity contribution < 1.29 is 8.42 Å². The Balaban J connectivity index is 1.99. The Kier molecular flexibility index (Phi) is 4.35. The molecule has 0 saturated carbocycles. The van der Waals surface area contributed by atoms with Crippen LogP contribution in [0.4, 0.5) is 11.8 Å². The second-order valence-electron chi connectivity index (χ2n) is 4.39. The average molecular weight is 295 g/mol. The van der Waals surface area contributed by atoms with E-state index in [1.54, 1.807) is 0 Å². The molecule has 2 rings (SSSR count). The van der Waals surface area contributed by atoms with Crippen LogP contribution in [-0.2, 0) is 10.0 Å². The molecule has 0 fully saturated rings. The number of nitrogens with one attached hydrogen (secondary N) is 2. The van der Waals surface area contributed by atoms with E-state index in [4.69, 9.17) is 5.73 Å². The van der Waals surface area contributed by atoms with E-state index in [2.05, 4.69) is 20.0 Å². The van der Waals surface area contributed by atoms with Gasteiger partial charge in [0.25, 0.3) is 0 Å². The van der Waals surface area contributed by atoms with E-state index >= 15 is 0 Å². The first kappa shape index (κ1) is 14.5. The second kappa shape index (κ2) is 6.02. The van der Waals surface area contributed by atoms with Gasteiger partial charge in [-0.3, -0.25) is 0 Å². The first-order valence-electron chi connectivity index (χ1n) is 6.16. The number of hydrogen-bond donors (Lipinski definition) is 3. The SMILES string of the molecule is CS(=O)(=O)NCCCNc1nc(N)nc2ccccc12. The van der Waals surface area contributed by atoms with Crippen LogP contribution >= 0.6 is 0 Å². The van der Waals surface area contributed by atoms with E-state index in [0.717, 1.165) is 17.2 Å². The third-order valence-corrected chi connectivity index (χ3v) is 3.36. The summed E-state index contributed by atoms with van der Waals surface area (Å²) in [6.07, 6.45) is 1.78. The van der Waals surface area contributed by atoms with Gasteiger partial charge in [-0.2, -0.15) is 4.98 Å². The molecule has 2 aromatic rings. The van der Waals surface area contributed by atoms with Crippen molar-refractivity contribution in [2.45, 2.75) is 6.42 Å². The highest BCUT2D eigenvalue weighted by atomic mass is 32.2. The maximum Gasteiger partial charge on any atom is 0.222 e. The molecule has 0 bridgehead atoms. The summed E-state index contributed by atoms with van der Waals surface area (Å²) in [5, 5.41) is 4.04. The first-order chi connectivity index (χ1) is 9.46. The van der Waals surface area contributed by atoms with Crippen LogP contribution in [0, 0.1) is 0 Å². The molecule has 4 N–H and O–H groups in total. The van der Waals surface area contributed by atoms with Crippen molar-refractivity contribution in [3.8, 4) is 0 Å². The molecule has 0 radical (unpaired) electrons. The number of nitrogen functional groups attached to an aromatic ring is 1. The number of sulfonamides is 1. The summed E-state index contributed by atoms with van der Waals surface area (Å²) in [5.41, 5.74) is 6.43. The van der Waals surface area contributed by atoms with Crippen LogP contribution in [0.15, 0.2) is 24.3 Å². The van der Waals surface area contributed by atoms with E-state index in [0.29, 0.717) is 25.3 Å². The Morgan fingerprint density at radius 3 is 2.70 bits per heavy atom. The van der Waals surface area contributed by atoms with Gasteiger partial charge in [0.2, 0.25) is 16.0 Å². The number of hydrogen-bond acceptors (Lipinski definition) is 6. The third kappa shape index (κ3) is 4.04. The zero-order valence-electron chi connectivity index (χ0n) is 11.1. The van der Waals surface area contributed by atoms with Crippen molar-refractivity contribution in [1.29, 1.82) is 0 Å². The molecule has 1 heterocycles. The van der Waals surface area contributed by atoms with E-state index in [1.165, 1.54) is 0 Å². The highest BCUT2D eigenvalue weighted by Crippen LogP contribution is 2.20. The van der Waals surface area contributed by atoms with Crippen molar-refractivity contribution >= 4 is 32.7 Å². The summed E-state index contributed by atoms with van der Waals surface area (Å²) in [5.74, 6) is 0.868. The molecule has 0 saturated heterocycles. The van der Waals surface area contributed by atoms with E-state index in [-0.39, 0.29) is 5.95 Å². The normalized spacial score (nSPS) is 11.7. The van der Waals surface area contributed by atoms with Crippen molar-refractivity contribution in [3.63, 3.8) is 0 Å². The number of aromatic nitrogens is 2. The molecule has 8 heteroatoms. The molecule has 0 unspecified atom stereocenters. The van der Waals surface area contributed by atoms with E-state index in [1.807, 2.05) is 24.3 Å². The molecule has 0 atom stereocenters. The topological polar surface area (TPSA) is 110 Å². The third-order valence-electron chi connectivity index (χ3n) is 2.63. The molecule has 0 aliphatic carbocycles. The van der Waals surface area contributed by atoms with Gasteiger partial charge in [-0.25, -0.2) is 18.1 Å². The van der Waals surface area contributed by atoms with Crippen molar-refractivity contribution in [1.82, 2.24) is 14.7 Å².